The lowest BCUT2D eigenvalue weighted by Crippen LogP contribution is -2.47. The Balaban J connectivity index is 2.14. The van der Waals surface area contributed by atoms with Crippen molar-refractivity contribution in [2.45, 2.75) is 12.8 Å². The van der Waals surface area contributed by atoms with Crippen molar-refractivity contribution in [2.24, 2.45) is 5.73 Å². The van der Waals surface area contributed by atoms with E-state index in [4.69, 9.17) is 10.8 Å². The Labute approximate surface area is 116 Å². The molecule has 1 amide bonds. The summed E-state index contributed by atoms with van der Waals surface area (Å²) in [4.78, 5) is 18.2. The van der Waals surface area contributed by atoms with Crippen LogP contribution in [0, 0.1) is 0 Å². The quantitative estimate of drug-likeness (QED) is 0.580. The molecule has 0 aromatic carbocycles. The summed E-state index contributed by atoms with van der Waals surface area (Å²) in [6.45, 7) is 7.14. The van der Waals surface area contributed by atoms with Crippen molar-refractivity contribution in [1.29, 1.82) is 0 Å². The zero-order valence-corrected chi connectivity index (χ0v) is 12.1. The highest BCUT2D eigenvalue weighted by atomic mass is 16.3. The van der Waals surface area contributed by atoms with E-state index in [1.54, 1.807) is 4.90 Å². The predicted molar refractivity (Wildman–Crippen MR) is 75.9 cm³/mol. The maximum absolute atomic E-state index is 11.9. The second-order valence-electron chi connectivity index (χ2n) is 5.11. The molecule has 1 aliphatic rings. The van der Waals surface area contributed by atoms with Crippen LogP contribution in [-0.2, 0) is 4.79 Å². The number of nitrogens with zero attached hydrogens (tertiary/aromatic N) is 3. The van der Waals surface area contributed by atoms with Crippen LogP contribution in [0.3, 0.4) is 0 Å². The van der Waals surface area contributed by atoms with Crippen molar-refractivity contribution in [3.8, 4) is 0 Å². The van der Waals surface area contributed by atoms with Crippen molar-refractivity contribution in [2.75, 3.05) is 66.0 Å². The molecule has 0 aromatic heterocycles. The van der Waals surface area contributed by atoms with Gasteiger partial charge in [-0.3, -0.25) is 9.69 Å². The number of hydrogen-bond acceptors (Lipinski definition) is 5. The summed E-state index contributed by atoms with van der Waals surface area (Å²) >= 11 is 0. The molecule has 0 radical (unpaired) electrons. The average molecular weight is 272 g/mol. The van der Waals surface area contributed by atoms with E-state index in [2.05, 4.69) is 9.80 Å². The first-order chi connectivity index (χ1) is 9.17. The molecular weight excluding hydrogens is 244 g/mol. The normalized spacial score (nSPS) is 17.6. The molecule has 1 rings (SSSR count). The Morgan fingerprint density at radius 1 is 1.21 bits per heavy atom. The lowest BCUT2D eigenvalue weighted by molar-refractivity contribution is -0.130. The van der Waals surface area contributed by atoms with Gasteiger partial charge < -0.3 is 20.6 Å². The molecule has 6 heteroatoms. The molecule has 0 spiro atoms. The van der Waals surface area contributed by atoms with E-state index >= 15 is 0 Å². The lowest BCUT2D eigenvalue weighted by atomic mass is 10.2. The van der Waals surface area contributed by atoms with Crippen molar-refractivity contribution in [1.82, 2.24) is 14.7 Å². The predicted octanol–water partition coefficient (Wildman–Crippen LogP) is -1.21. The standard InChI is InChI=1S/C13H28N4O2/c1-15(5-2-4-14)13(19)3-6-16-7-9-17(10-8-16)11-12-18/h18H,2-12,14H2,1H3. The van der Waals surface area contributed by atoms with Gasteiger partial charge >= 0.3 is 0 Å². The minimum absolute atomic E-state index is 0.200. The third-order valence-corrected chi connectivity index (χ3v) is 3.65. The van der Waals surface area contributed by atoms with Gasteiger partial charge in [0.25, 0.3) is 0 Å². The van der Waals surface area contributed by atoms with E-state index in [0.717, 1.165) is 52.2 Å². The monoisotopic (exact) mass is 272 g/mol. The molecule has 0 saturated carbocycles. The number of aliphatic hydroxyl groups excluding tert-OH is 1. The highest BCUT2D eigenvalue weighted by molar-refractivity contribution is 5.76. The summed E-state index contributed by atoms with van der Waals surface area (Å²) in [6.07, 6.45) is 1.45. The topological polar surface area (TPSA) is 73.0 Å². The molecule has 19 heavy (non-hydrogen) atoms. The van der Waals surface area contributed by atoms with Crippen molar-refractivity contribution >= 4 is 5.91 Å². The zero-order valence-electron chi connectivity index (χ0n) is 12.1. The fraction of sp³-hybridized carbons (Fsp3) is 0.923. The minimum Gasteiger partial charge on any atom is -0.395 e. The maximum Gasteiger partial charge on any atom is 0.223 e. The second-order valence-corrected chi connectivity index (χ2v) is 5.11. The Bertz CT molecular complexity index is 255. The van der Waals surface area contributed by atoms with Crippen molar-refractivity contribution < 1.29 is 9.90 Å². The highest BCUT2D eigenvalue weighted by Gasteiger charge is 2.17. The van der Waals surface area contributed by atoms with Gasteiger partial charge in [0.1, 0.15) is 0 Å². The van der Waals surface area contributed by atoms with Gasteiger partial charge in [-0.15, -0.1) is 0 Å². The van der Waals surface area contributed by atoms with Crippen LogP contribution < -0.4 is 5.73 Å². The first kappa shape index (κ1) is 16.4. The largest absolute Gasteiger partial charge is 0.395 e. The minimum atomic E-state index is 0.200. The Morgan fingerprint density at radius 2 is 1.79 bits per heavy atom. The number of carbonyl (C=O) groups excluding carboxylic acids is 1. The molecule has 0 atom stereocenters. The fourth-order valence-corrected chi connectivity index (χ4v) is 2.28. The highest BCUT2D eigenvalue weighted by Crippen LogP contribution is 2.03. The van der Waals surface area contributed by atoms with Crippen LogP contribution in [0.2, 0.25) is 0 Å². The van der Waals surface area contributed by atoms with Crippen LogP contribution >= 0.6 is 0 Å². The van der Waals surface area contributed by atoms with E-state index in [0.29, 0.717) is 13.0 Å². The Morgan fingerprint density at radius 3 is 2.32 bits per heavy atom. The SMILES string of the molecule is CN(CCCN)C(=O)CCN1CCN(CCO)CC1. The molecule has 1 heterocycles. The van der Waals surface area contributed by atoms with E-state index in [-0.39, 0.29) is 12.5 Å². The van der Waals surface area contributed by atoms with E-state index in [1.807, 2.05) is 7.05 Å². The van der Waals surface area contributed by atoms with Crippen LogP contribution in [0.1, 0.15) is 12.8 Å². The number of nitrogens with two attached hydrogens (primary N) is 1. The molecular formula is C13H28N4O2. The van der Waals surface area contributed by atoms with E-state index < -0.39 is 0 Å². The molecule has 112 valence electrons. The molecule has 0 aromatic rings. The first-order valence-corrected chi connectivity index (χ1v) is 7.17. The van der Waals surface area contributed by atoms with Gasteiger partial charge in [-0.2, -0.15) is 0 Å². The molecule has 0 aliphatic carbocycles. The first-order valence-electron chi connectivity index (χ1n) is 7.17. The van der Waals surface area contributed by atoms with Gasteiger partial charge in [0.05, 0.1) is 6.61 Å². The van der Waals surface area contributed by atoms with Crippen LogP contribution in [0.5, 0.6) is 0 Å². The average Bonchev–Trinajstić information content (AvgIpc) is 2.44. The van der Waals surface area contributed by atoms with Gasteiger partial charge in [0.2, 0.25) is 5.91 Å². The number of carbonyl (C=O) groups is 1. The van der Waals surface area contributed by atoms with Crippen molar-refractivity contribution in [3.63, 3.8) is 0 Å². The van der Waals surface area contributed by atoms with Crippen LogP contribution in [0.15, 0.2) is 0 Å². The number of rotatable bonds is 8. The van der Waals surface area contributed by atoms with Gasteiger partial charge in [0, 0.05) is 59.3 Å². The Kier molecular flexibility index (Phi) is 7.97. The summed E-state index contributed by atoms with van der Waals surface area (Å²) in [5.74, 6) is 0.200. The molecule has 6 nitrogen and oxygen atoms in total. The molecule has 0 bridgehead atoms. The molecule has 1 fully saturated rings. The third kappa shape index (κ3) is 6.33. The zero-order chi connectivity index (χ0) is 14.1. The van der Waals surface area contributed by atoms with Gasteiger partial charge in [0.15, 0.2) is 0 Å². The molecule has 3 N–H and O–H groups in total. The van der Waals surface area contributed by atoms with Crippen LogP contribution in [0.4, 0.5) is 0 Å². The summed E-state index contributed by atoms with van der Waals surface area (Å²) in [5, 5.41) is 8.88. The summed E-state index contributed by atoms with van der Waals surface area (Å²) in [6, 6.07) is 0. The van der Waals surface area contributed by atoms with Crippen LogP contribution in [0.25, 0.3) is 0 Å². The maximum atomic E-state index is 11.9. The van der Waals surface area contributed by atoms with Gasteiger partial charge in [-0.25, -0.2) is 0 Å². The molecule has 1 aliphatic heterocycles. The number of hydrogen-bond donors (Lipinski definition) is 2. The fourth-order valence-electron chi connectivity index (χ4n) is 2.28. The van der Waals surface area contributed by atoms with E-state index in [9.17, 15) is 4.79 Å². The number of aliphatic hydroxyl groups is 1. The third-order valence-electron chi connectivity index (χ3n) is 3.65. The summed E-state index contributed by atoms with van der Waals surface area (Å²) in [7, 11) is 1.84. The molecule has 1 saturated heterocycles. The summed E-state index contributed by atoms with van der Waals surface area (Å²) in [5.41, 5.74) is 5.44. The van der Waals surface area contributed by atoms with Crippen molar-refractivity contribution in [3.05, 3.63) is 0 Å². The number of piperazine rings is 1. The van der Waals surface area contributed by atoms with Crippen LogP contribution in [-0.4, -0.2) is 91.7 Å². The summed E-state index contributed by atoms with van der Waals surface area (Å²) < 4.78 is 0. The Hall–Kier alpha value is -0.690. The van der Waals surface area contributed by atoms with Gasteiger partial charge in [-0.1, -0.05) is 0 Å². The lowest BCUT2D eigenvalue weighted by Gasteiger charge is -2.34. The van der Waals surface area contributed by atoms with Gasteiger partial charge in [-0.05, 0) is 13.0 Å². The molecule has 0 unspecified atom stereocenters. The number of β-amino-alcohol motifs (C(OH)–C–C–N with tert-alkyl or cyclic N) is 1. The second kappa shape index (κ2) is 9.25. The van der Waals surface area contributed by atoms with E-state index in [1.165, 1.54) is 0 Å². The number of amides is 1. The smallest absolute Gasteiger partial charge is 0.223 e.